The second-order valence-electron chi connectivity index (χ2n) is 4.12. The molecular weight excluding hydrogens is 234 g/mol. The van der Waals surface area contributed by atoms with Crippen molar-refractivity contribution in [2.75, 3.05) is 0 Å². The van der Waals surface area contributed by atoms with Crippen LogP contribution in [0.15, 0.2) is 11.4 Å². The number of rotatable bonds is 4. The summed E-state index contributed by atoms with van der Waals surface area (Å²) >= 11 is 1.64. The Bertz CT molecular complexity index is 502. The first kappa shape index (κ1) is 12.2. The van der Waals surface area contributed by atoms with Crippen LogP contribution in [-0.2, 0) is 13.5 Å². The number of aryl methyl sites for hydroxylation is 3. The smallest absolute Gasteiger partial charge is 0.0898 e. The van der Waals surface area contributed by atoms with Crippen LogP contribution in [0.2, 0.25) is 0 Å². The zero-order valence-corrected chi connectivity index (χ0v) is 11.1. The van der Waals surface area contributed by atoms with Gasteiger partial charge in [0.05, 0.1) is 22.4 Å². The predicted molar refractivity (Wildman–Crippen MR) is 68.6 cm³/mol. The van der Waals surface area contributed by atoms with Crippen molar-refractivity contribution in [1.82, 2.24) is 20.2 Å². The average Bonchev–Trinajstić information content (AvgIpc) is 2.82. The van der Waals surface area contributed by atoms with E-state index in [9.17, 15) is 0 Å². The van der Waals surface area contributed by atoms with Gasteiger partial charge in [-0.25, -0.2) is 4.98 Å². The third kappa shape index (κ3) is 2.71. The largest absolute Gasteiger partial charge is 0.272 e. The van der Waals surface area contributed by atoms with E-state index < -0.39 is 0 Å². The van der Waals surface area contributed by atoms with Gasteiger partial charge < -0.3 is 0 Å². The number of hydrogen-bond donors (Lipinski definition) is 2. The summed E-state index contributed by atoms with van der Waals surface area (Å²) in [6, 6.07) is 2.11. The number of nitrogens with one attached hydrogen (secondary N) is 1. The summed E-state index contributed by atoms with van der Waals surface area (Å²) in [6.07, 6.45) is 0.789. The van der Waals surface area contributed by atoms with Crippen molar-refractivity contribution in [2.45, 2.75) is 26.3 Å². The van der Waals surface area contributed by atoms with Crippen LogP contribution in [0.4, 0.5) is 0 Å². The zero-order chi connectivity index (χ0) is 12.4. The van der Waals surface area contributed by atoms with E-state index in [1.54, 1.807) is 11.3 Å². The van der Waals surface area contributed by atoms with Gasteiger partial charge in [0.1, 0.15) is 0 Å². The van der Waals surface area contributed by atoms with Gasteiger partial charge in [-0.3, -0.25) is 16.0 Å². The van der Waals surface area contributed by atoms with Gasteiger partial charge in [0, 0.05) is 24.5 Å². The van der Waals surface area contributed by atoms with Gasteiger partial charge in [0.2, 0.25) is 0 Å². The van der Waals surface area contributed by atoms with Crippen LogP contribution >= 0.6 is 11.3 Å². The molecule has 0 saturated heterocycles. The Balaban J connectivity index is 2.18. The van der Waals surface area contributed by atoms with Gasteiger partial charge in [-0.1, -0.05) is 0 Å². The lowest BCUT2D eigenvalue weighted by atomic mass is 10.1. The van der Waals surface area contributed by atoms with E-state index in [0.29, 0.717) is 0 Å². The van der Waals surface area contributed by atoms with Crippen LogP contribution in [0, 0.1) is 13.8 Å². The minimum absolute atomic E-state index is 0.0368. The van der Waals surface area contributed by atoms with Crippen molar-refractivity contribution in [3.8, 4) is 0 Å². The van der Waals surface area contributed by atoms with E-state index in [2.05, 4.69) is 21.6 Å². The number of hydrazine groups is 1. The zero-order valence-electron chi connectivity index (χ0n) is 10.3. The quantitative estimate of drug-likeness (QED) is 0.633. The molecule has 2 aromatic heterocycles. The molecule has 0 fully saturated rings. The standard InChI is InChI=1S/C11H17N5S/c1-7-4-9(16(3)15-7)5-10(14-12)11-6-17-8(2)13-11/h4,6,10,14H,5,12H2,1-3H3. The van der Waals surface area contributed by atoms with Gasteiger partial charge in [-0.05, 0) is 19.9 Å². The Hall–Kier alpha value is -1.24. The summed E-state index contributed by atoms with van der Waals surface area (Å²) in [6.45, 7) is 3.98. The van der Waals surface area contributed by atoms with E-state index in [-0.39, 0.29) is 6.04 Å². The summed E-state index contributed by atoms with van der Waals surface area (Å²) in [5.41, 5.74) is 5.98. The highest BCUT2D eigenvalue weighted by atomic mass is 32.1. The molecule has 5 nitrogen and oxygen atoms in total. The van der Waals surface area contributed by atoms with Crippen molar-refractivity contribution in [3.05, 3.63) is 33.5 Å². The second-order valence-corrected chi connectivity index (χ2v) is 5.18. The summed E-state index contributed by atoms with van der Waals surface area (Å²) in [5.74, 6) is 5.60. The normalized spacial score (nSPS) is 12.9. The van der Waals surface area contributed by atoms with Crippen LogP contribution in [0.3, 0.4) is 0 Å². The molecule has 0 aliphatic heterocycles. The molecule has 0 amide bonds. The lowest BCUT2D eigenvalue weighted by Gasteiger charge is -2.13. The highest BCUT2D eigenvalue weighted by Gasteiger charge is 2.15. The van der Waals surface area contributed by atoms with Crippen molar-refractivity contribution in [1.29, 1.82) is 0 Å². The number of aromatic nitrogens is 3. The summed E-state index contributed by atoms with van der Waals surface area (Å²) in [4.78, 5) is 4.46. The monoisotopic (exact) mass is 251 g/mol. The van der Waals surface area contributed by atoms with E-state index in [1.807, 2.05) is 31.0 Å². The van der Waals surface area contributed by atoms with Crippen molar-refractivity contribution in [3.63, 3.8) is 0 Å². The van der Waals surface area contributed by atoms with Crippen LogP contribution in [0.1, 0.15) is 28.1 Å². The summed E-state index contributed by atoms with van der Waals surface area (Å²) in [7, 11) is 1.95. The Labute approximate surface area is 105 Å². The lowest BCUT2D eigenvalue weighted by molar-refractivity contribution is 0.520. The van der Waals surface area contributed by atoms with Gasteiger partial charge >= 0.3 is 0 Å². The summed E-state index contributed by atoms with van der Waals surface area (Å²) in [5, 5.41) is 7.43. The Morgan fingerprint density at radius 2 is 2.29 bits per heavy atom. The SMILES string of the molecule is Cc1cc(CC(NN)c2csc(C)n2)n(C)n1. The third-order valence-electron chi connectivity index (χ3n) is 2.71. The molecule has 2 aromatic rings. The fourth-order valence-corrected chi connectivity index (χ4v) is 2.52. The maximum absolute atomic E-state index is 5.60. The molecular formula is C11H17N5S. The lowest BCUT2D eigenvalue weighted by Crippen LogP contribution is -2.30. The van der Waals surface area contributed by atoms with Crippen LogP contribution in [0.5, 0.6) is 0 Å². The van der Waals surface area contributed by atoms with Crippen LogP contribution < -0.4 is 11.3 Å². The molecule has 0 bridgehead atoms. The molecule has 1 unspecified atom stereocenters. The van der Waals surface area contributed by atoms with E-state index in [0.717, 1.165) is 28.5 Å². The van der Waals surface area contributed by atoms with E-state index >= 15 is 0 Å². The molecule has 6 heteroatoms. The molecule has 2 rings (SSSR count). The van der Waals surface area contributed by atoms with Gasteiger partial charge in [-0.2, -0.15) is 5.10 Å². The Kier molecular flexibility index (Phi) is 3.56. The van der Waals surface area contributed by atoms with Gasteiger partial charge in [0.25, 0.3) is 0 Å². The number of thiazole rings is 1. The molecule has 0 spiro atoms. The molecule has 92 valence electrons. The Morgan fingerprint density at radius 3 is 2.76 bits per heavy atom. The van der Waals surface area contributed by atoms with Crippen LogP contribution in [0.25, 0.3) is 0 Å². The van der Waals surface area contributed by atoms with Gasteiger partial charge in [-0.15, -0.1) is 11.3 Å². The minimum atomic E-state index is 0.0368. The van der Waals surface area contributed by atoms with Crippen LogP contribution in [-0.4, -0.2) is 14.8 Å². The average molecular weight is 251 g/mol. The first-order valence-electron chi connectivity index (χ1n) is 5.48. The first-order valence-corrected chi connectivity index (χ1v) is 6.35. The van der Waals surface area contributed by atoms with E-state index in [1.165, 1.54) is 0 Å². The molecule has 0 aliphatic rings. The maximum atomic E-state index is 5.60. The fraction of sp³-hybridized carbons (Fsp3) is 0.455. The fourth-order valence-electron chi connectivity index (χ4n) is 1.85. The first-order chi connectivity index (χ1) is 8.10. The predicted octanol–water partition coefficient (Wildman–Crippen LogP) is 1.24. The molecule has 2 heterocycles. The highest BCUT2D eigenvalue weighted by molar-refractivity contribution is 7.09. The molecule has 0 radical (unpaired) electrons. The number of hydrogen-bond acceptors (Lipinski definition) is 5. The highest BCUT2D eigenvalue weighted by Crippen LogP contribution is 2.19. The molecule has 3 N–H and O–H groups in total. The minimum Gasteiger partial charge on any atom is -0.272 e. The molecule has 1 atom stereocenters. The summed E-state index contributed by atoms with van der Waals surface area (Å²) < 4.78 is 1.89. The third-order valence-corrected chi connectivity index (χ3v) is 3.50. The maximum Gasteiger partial charge on any atom is 0.0898 e. The van der Waals surface area contributed by atoms with Crippen molar-refractivity contribution < 1.29 is 0 Å². The number of nitrogens with two attached hydrogens (primary N) is 1. The van der Waals surface area contributed by atoms with E-state index in [4.69, 9.17) is 5.84 Å². The van der Waals surface area contributed by atoms with Crippen molar-refractivity contribution in [2.24, 2.45) is 12.9 Å². The second kappa shape index (κ2) is 4.95. The molecule has 17 heavy (non-hydrogen) atoms. The topological polar surface area (TPSA) is 68.8 Å². The molecule has 0 aliphatic carbocycles. The van der Waals surface area contributed by atoms with Gasteiger partial charge in [0.15, 0.2) is 0 Å². The molecule has 0 saturated carbocycles. The van der Waals surface area contributed by atoms with Crippen molar-refractivity contribution >= 4 is 11.3 Å². The Morgan fingerprint density at radius 1 is 1.53 bits per heavy atom. The number of nitrogens with zero attached hydrogens (tertiary/aromatic N) is 3. The molecule has 0 aromatic carbocycles.